The maximum absolute atomic E-state index is 11.3. The van der Waals surface area contributed by atoms with Crippen LogP contribution >= 0.6 is 0 Å². The summed E-state index contributed by atoms with van der Waals surface area (Å²) in [6.45, 7) is -0.189. The Morgan fingerprint density at radius 1 is 1.21 bits per heavy atom. The molecule has 14 heavy (non-hydrogen) atoms. The Bertz CT molecular complexity index is 449. The summed E-state index contributed by atoms with van der Waals surface area (Å²) in [6, 6.07) is 1.49. The van der Waals surface area contributed by atoms with Crippen molar-refractivity contribution in [3.05, 3.63) is 41.2 Å². The molecule has 4 nitrogen and oxygen atoms in total. The van der Waals surface area contributed by atoms with Crippen molar-refractivity contribution in [3.63, 3.8) is 0 Å². The third kappa shape index (κ3) is 1.25. The average Bonchev–Trinajstić information content (AvgIpc) is 2.23. The van der Waals surface area contributed by atoms with Crippen LogP contribution in [0.3, 0.4) is 0 Å². The van der Waals surface area contributed by atoms with E-state index in [1.807, 2.05) is 0 Å². The fraction of sp³-hybridized carbons (Fsp3) is 0.100. The molecule has 0 amide bonds. The first-order valence-corrected chi connectivity index (χ1v) is 4.09. The van der Waals surface area contributed by atoms with Gasteiger partial charge in [0, 0.05) is 6.20 Å². The summed E-state index contributed by atoms with van der Waals surface area (Å²) in [5, 5.41) is 8.84. The SMILES string of the molecule is O=C1C=CC(=O)c2ncc(CO)cc21. The smallest absolute Gasteiger partial charge is 0.205 e. The number of nitrogens with zero attached hydrogens (tertiary/aromatic N) is 1. The minimum Gasteiger partial charge on any atom is -0.392 e. The first-order valence-electron chi connectivity index (χ1n) is 4.09. The van der Waals surface area contributed by atoms with Crippen molar-refractivity contribution in [1.82, 2.24) is 4.98 Å². The summed E-state index contributed by atoms with van der Waals surface area (Å²) in [4.78, 5) is 26.4. The molecule has 70 valence electrons. The Labute approximate surface area is 79.9 Å². The summed E-state index contributed by atoms with van der Waals surface area (Å²) in [6.07, 6.45) is 3.81. The van der Waals surface area contributed by atoms with Gasteiger partial charge in [-0.3, -0.25) is 14.6 Å². The Kier molecular flexibility index (Phi) is 1.98. The number of fused-ring (bicyclic) bond motifs is 1. The fourth-order valence-corrected chi connectivity index (χ4v) is 1.30. The van der Waals surface area contributed by atoms with Gasteiger partial charge in [-0.1, -0.05) is 0 Å². The number of allylic oxidation sites excluding steroid dienone is 2. The van der Waals surface area contributed by atoms with Gasteiger partial charge in [0.1, 0.15) is 5.69 Å². The average molecular weight is 189 g/mol. The van der Waals surface area contributed by atoms with Crippen LogP contribution in [0.4, 0.5) is 0 Å². The lowest BCUT2D eigenvalue weighted by Crippen LogP contribution is -2.14. The molecular weight excluding hydrogens is 182 g/mol. The van der Waals surface area contributed by atoms with E-state index < -0.39 is 0 Å². The van der Waals surface area contributed by atoms with Crippen molar-refractivity contribution in [2.75, 3.05) is 0 Å². The molecule has 0 aromatic carbocycles. The summed E-state index contributed by atoms with van der Waals surface area (Å²) in [5.41, 5.74) is 0.957. The van der Waals surface area contributed by atoms with E-state index >= 15 is 0 Å². The molecule has 0 spiro atoms. The van der Waals surface area contributed by atoms with Gasteiger partial charge in [0.2, 0.25) is 5.78 Å². The van der Waals surface area contributed by atoms with Crippen molar-refractivity contribution in [2.45, 2.75) is 6.61 Å². The minimum absolute atomic E-state index is 0.162. The zero-order valence-corrected chi connectivity index (χ0v) is 7.23. The number of carbonyl (C=O) groups excluding carboxylic acids is 2. The molecule has 1 aromatic heterocycles. The highest BCUT2D eigenvalue weighted by molar-refractivity contribution is 6.21. The molecule has 2 rings (SSSR count). The minimum atomic E-state index is -0.274. The summed E-state index contributed by atoms with van der Waals surface area (Å²) in [7, 11) is 0. The lowest BCUT2D eigenvalue weighted by molar-refractivity contribution is 0.0990. The molecule has 0 unspecified atom stereocenters. The van der Waals surface area contributed by atoms with E-state index in [4.69, 9.17) is 5.11 Å². The Balaban J connectivity index is 2.61. The molecule has 1 aliphatic rings. The molecule has 1 aromatic rings. The molecule has 0 saturated carbocycles. The number of aliphatic hydroxyl groups is 1. The van der Waals surface area contributed by atoms with Crippen molar-refractivity contribution in [1.29, 1.82) is 0 Å². The van der Waals surface area contributed by atoms with Gasteiger partial charge in [0.05, 0.1) is 12.2 Å². The quantitative estimate of drug-likeness (QED) is 0.698. The number of pyridine rings is 1. The predicted octanol–water partition coefficient (Wildman–Crippen LogP) is 0.509. The van der Waals surface area contributed by atoms with Crippen LogP contribution in [0.5, 0.6) is 0 Å². The molecule has 0 atom stereocenters. The molecule has 1 N–H and O–H groups in total. The first-order chi connectivity index (χ1) is 6.72. The topological polar surface area (TPSA) is 67.3 Å². The Morgan fingerprint density at radius 2 is 1.93 bits per heavy atom. The maximum Gasteiger partial charge on any atom is 0.205 e. The largest absolute Gasteiger partial charge is 0.392 e. The highest BCUT2D eigenvalue weighted by Gasteiger charge is 2.20. The van der Waals surface area contributed by atoms with Gasteiger partial charge in [0.15, 0.2) is 5.78 Å². The van der Waals surface area contributed by atoms with E-state index in [2.05, 4.69) is 4.98 Å². The zero-order valence-electron chi connectivity index (χ0n) is 7.23. The number of hydrogen-bond acceptors (Lipinski definition) is 4. The lowest BCUT2D eigenvalue weighted by atomic mass is 9.99. The number of ketones is 2. The number of aliphatic hydroxyl groups excluding tert-OH is 1. The van der Waals surface area contributed by atoms with Crippen molar-refractivity contribution >= 4 is 11.6 Å². The molecule has 1 aliphatic carbocycles. The van der Waals surface area contributed by atoms with Gasteiger partial charge in [-0.2, -0.15) is 0 Å². The molecule has 0 radical (unpaired) electrons. The van der Waals surface area contributed by atoms with Crippen LogP contribution in [0.1, 0.15) is 26.4 Å². The van der Waals surface area contributed by atoms with E-state index in [0.29, 0.717) is 5.56 Å². The second-order valence-corrected chi connectivity index (χ2v) is 2.96. The van der Waals surface area contributed by atoms with Crippen LogP contribution in [0.15, 0.2) is 24.4 Å². The molecule has 0 saturated heterocycles. The van der Waals surface area contributed by atoms with Crippen molar-refractivity contribution < 1.29 is 14.7 Å². The molecule has 0 bridgehead atoms. The fourth-order valence-electron chi connectivity index (χ4n) is 1.30. The van der Waals surface area contributed by atoms with E-state index in [9.17, 15) is 9.59 Å². The highest BCUT2D eigenvalue weighted by Crippen LogP contribution is 2.15. The van der Waals surface area contributed by atoms with Crippen molar-refractivity contribution in [3.8, 4) is 0 Å². The van der Waals surface area contributed by atoms with Crippen LogP contribution in [0.25, 0.3) is 0 Å². The molecule has 4 heteroatoms. The second kappa shape index (κ2) is 3.16. The van der Waals surface area contributed by atoms with Crippen LogP contribution < -0.4 is 0 Å². The third-order valence-electron chi connectivity index (χ3n) is 2.01. The number of hydrogen-bond donors (Lipinski definition) is 1. The molecular formula is C10H7NO3. The third-order valence-corrected chi connectivity index (χ3v) is 2.01. The number of carbonyl (C=O) groups is 2. The summed E-state index contributed by atoms with van der Waals surface area (Å²) in [5.74, 6) is -0.522. The summed E-state index contributed by atoms with van der Waals surface area (Å²) >= 11 is 0. The Hall–Kier alpha value is -1.81. The number of aromatic nitrogens is 1. The zero-order chi connectivity index (χ0) is 10.1. The van der Waals surface area contributed by atoms with Gasteiger partial charge in [-0.25, -0.2) is 0 Å². The summed E-state index contributed by atoms with van der Waals surface area (Å²) < 4.78 is 0. The molecule has 0 fully saturated rings. The monoisotopic (exact) mass is 189 g/mol. The van der Waals surface area contributed by atoms with Gasteiger partial charge >= 0.3 is 0 Å². The van der Waals surface area contributed by atoms with E-state index in [1.165, 1.54) is 24.4 Å². The van der Waals surface area contributed by atoms with E-state index in [-0.39, 0.29) is 29.4 Å². The van der Waals surface area contributed by atoms with Crippen LogP contribution in [-0.4, -0.2) is 21.7 Å². The van der Waals surface area contributed by atoms with Gasteiger partial charge in [0.25, 0.3) is 0 Å². The Morgan fingerprint density at radius 3 is 2.64 bits per heavy atom. The predicted molar refractivity (Wildman–Crippen MR) is 48.0 cm³/mol. The van der Waals surface area contributed by atoms with E-state index in [1.54, 1.807) is 0 Å². The normalized spacial score (nSPS) is 14.4. The van der Waals surface area contributed by atoms with Gasteiger partial charge < -0.3 is 5.11 Å². The first kappa shape index (κ1) is 8.77. The maximum atomic E-state index is 11.3. The van der Waals surface area contributed by atoms with Crippen LogP contribution in [-0.2, 0) is 6.61 Å². The lowest BCUT2D eigenvalue weighted by Gasteiger charge is -2.08. The van der Waals surface area contributed by atoms with E-state index in [0.717, 1.165) is 0 Å². The van der Waals surface area contributed by atoms with Crippen LogP contribution in [0, 0.1) is 0 Å². The van der Waals surface area contributed by atoms with Gasteiger partial charge in [-0.15, -0.1) is 0 Å². The highest BCUT2D eigenvalue weighted by atomic mass is 16.3. The number of rotatable bonds is 1. The standard InChI is InChI=1S/C10H7NO3/c12-5-6-3-7-8(13)1-2-9(14)10(7)11-4-6/h1-4,12H,5H2. The van der Waals surface area contributed by atoms with Gasteiger partial charge in [-0.05, 0) is 23.8 Å². The van der Waals surface area contributed by atoms with Crippen molar-refractivity contribution in [2.24, 2.45) is 0 Å². The molecule has 1 heterocycles. The molecule has 0 aliphatic heterocycles. The second-order valence-electron chi connectivity index (χ2n) is 2.96. The van der Waals surface area contributed by atoms with Crippen LogP contribution in [0.2, 0.25) is 0 Å².